The highest BCUT2D eigenvalue weighted by atomic mass is 15.3. The van der Waals surface area contributed by atoms with Crippen LogP contribution in [-0.2, 0) is 0 Å². The highest BCUT2D eigenvalue weighted by Gasteiger charge is 1.91. The van der Waals surface area contributed by atoms with Crippen molar-refractivity contribution in [1.29, 1.82) is 0 Å². The summed E-state index contributed by atoms with van der Waals surface area (Å²) in [6, 6.07) is 0. The van der Waals surface area contributed by atoms with Crippen LogP contribution in [-0.4, -0.2) is 12.8 Å². The Morgan fingerprint density at radius 1 is 1.58 bits per heavy atom. The molecule has 70 valence electrons. The van der Waals surface area contributed by atoms with Gasteiger partial charge in [0.05, 0.1) is 0 Å². The van der Waals surface area contributed by atoms with Crippen molar-refractivity contribution in [2.75, 3.05) is 6.54 Å². The molecule has 0 heterocycles. The number of hydrogen-bond donors (Lipinski definition) is 1. The van der Waals surface area contributed by atoms with Crippen LogP contribution in [0.15, 0.2) is 17.3 Å². The lowest BCUT2D eigenvalue weighted by atomic mass is 10.1. The number of nitrogens with zero attached hydrogens (tertiary/aromatic N) is 1. The molecule has 0 saturated heterocycles. The molecule has 0 amide bonds. The topological polar surface area (TPSA) is 24.4 Å². The Kier molecular flexibility index (Phi) is 6.44. The third-order valence-corrected chi connectivity index (χ3v) is 1.45. The van der Waals surface area contributed by atoms with Gasteiger partial charge in [0.15, 0.2) is 0 Å². The zero-order chi connectivity index (χ0) is 9.40. The van der Waals surface area contributed by atoms with Crippen molar-refractivity contribution in [2.45, 2.75) is 33.6 Å². The van der Waals surface area contributed by atoms with E-state index in [0.717, 1.165) is 18.0 Å². The molecule has 0 aromatic heterocycles. The quantitative estimate of drug-likeness (QED) is 0.368. The summed E-state index contributed by atoms with van der Waals surface area (Å²) in [7, 11) is 0. The van der Waals surface area contributed by atoms with Crippen molar-refractivity contribution in [2.24, 2.45) is 11.0 Å². The van der Waals surface area contributed by atoms with E-state index in [4.69, 9.17) is 0 Å². The highest BCUT2D eigenvalue weighted by molar-refractivity contribution is 5.76. The van der Waals surface area contributed by atoms with E-state index in [2.05, 4.69) is 31.0 Å². The molecule has 0 unspecified atom stereocenters. The molecule has 0 aliphatic carbocycles. The van der Waals surface area contributed by atoms with E-state index in [1.165, 1.54) is 12.8 Å². The molecular formula is C10H20N2. The van der Waals surface area contributed by atoms with Gasteiger partial charge in [0, 0.05) is 12.8 Å². The van der Waals surface area contributed by atoms with E-state index in [0.29, 0.717) is 0 Å². The Balaban J connectivity index is 3.16. The summed E-state index contributed by atoms with van der Waals surface area (Å²) in [5.74, 6) is 0.789. The fourth-order valence-corrected chi connectivity index (χ4v) is 0.810. The molecular weight excluding hydrogens is 148 g/mol. The lowest BCUT2D eigenvalue weighted by Crippen LogP contribution is -2.08. The number of hydrazone groups is 1. The first-order valence-corrected chi connectivity index (χ1v) is 4.54. The molecule has 0 radical (unpaired) electrons. The van der Waals surface area contributed by atoms with E-state index >= 15 is 0 Å². The molecule has 12 heavy (non-hydrogen) atoms. The largest absolute Gasteiger partial charge is 0.310 e. The van der Waals surface area contributed by atoms with Crippen LogP contribution in [0.4, 0.5) is 0 Å². The smallest absolute Gasteiger partial charge is 0.0491 e. The van der Waals surface area contributed by atoms with Gasteiger partial charge in [-0.3, -0.25) is 0 Å². The van der Waals surface area contributed by atoms with E-state index in [1.54, 1.807) is 6.21 Å². The molecule has 0 fully saturated rings. The number of nitrogens with one attached hydrogen (secondary N) is 1. The molecule has 2 heteroatoms. The summed E-state index contributed by atoms with van der Waals surface area (Å²) in [6.45, 7) is 11.1. The summed E-state index contributed by atoms with van der Waals surface area (Å²) in [6.07, 6.45) is 4.19. The molecule has 0 aromatic carbocycles. The van der Waals surface area contributed by atoms with Crippen molar-refractivity contribution >= 4 is 6.21 Å². The maximum atomic E-state index is 3.99. The Morgan fingerprint density at radius 2 is 2.25 bits per heavy atom. The Labute approximate surface area is 75.7 Å². The molecule has 0 bridgehead atoms. The fraction of sp³-hybridized carbons (Fsp3) is 0.700. The van der Waals surface area contributed by atoms with Gasteiger partial charge in [-0.1, -0.05) is 20.4 Å². The lowest BCUT2D eigenvalue weighted by Gasteiger charge is -2.03. The Morgan fingerprint density at radius 3 is 2.75 bits per heavy atom. The van der Waals surface area contributed by atoms with Crippen LogP contribution in [0, 0.1) is 5.92 Å². The van der Waals surface area contributed by atoms with E-state index < -0.39 is 0 Å². The van der Waals surface area contributed by atoms with Crippen LogP contribution in [0.1, 0.15) is 33.6 Å². The van der Waals surface area contributed by atoms with Crippen LogP contribution in [0.3, 0.4) is 0 Å². The molecule has 0 spiro atoms. The lowest BCUT2D eigenvalue weighted by molar-refractivity contribution is 0.535. The first-order valence-electron chi connectivity index (χ1n) is 4.54. The minimum Gasteiger partial charge on any atom is -0.310 e. The van der Waals surface area contributed by atoms with Crippen LogP contribution >= 0.6 is 0 Å². The van der Waals surface area contributed by atoms with Gasteiger partial charge in [-0.2, -0.15) is 5.10 Å². The molecule has 2 nitrogen and oxygen atoms in total. The second-order valence-electron chi connectivity index (χ2n) is 3.55. The normalized spacial score (nSPS) is 11.0. The standard InChI is InChI=1S/C10H20N2/c1-9(2)6-5-7-11-12-8-10(3)4/h8-9,11H,3,5-7H2,1-2,4H3. The third-order valence-electron chi connectivity index (χ3n) is 1.45. The molecule has 0 aliphatic rings. The molecule has 0 saturated carbocycles. The maximum Gasteiger partial charge on any atom is 0.0491 e. The van der Waals surface area contributed by atoms with E-state index in [9.17, 15) is 0 Å². The van der Waals surface area contributed by atoms with Crippen molar-refractivity contribution in [3.8, 4) is 0 Å². The second-order valence-corrected chi connectivity index (χ2v) is 3.55. The minimum atomic E-state index is 0.789. The monoisotopic (exact) mass is 168 g/mol. The summed E-state index contributed by atoms with van der Waals surface area (Å²) in [5.41, 5.74) is 3.96. The van der Waals surface area contributed by atoms with Gasteiger partial charge in [0.2, 0.25) is 0 Å². The molecule has 0 aromatic rings. The first kappa shape index (κ1) is 11.2. The summed E-state index contributed by atoms with van der Waals surface area (Å²) < 4.78 is 0. The maximum absolute atomic E-state index is 3.99. The van der Waals surface area contributed by atoms with Crippen molar-refractivity contribution in [3.05, 3.63) is 12.2 Å². The van der Waals surface area contributed by atoms with Gasteiger partial charge < -0.3 is 5.43 Å². The van der Waals surface area contributed by atoms with Crippen molar-refractivity contribution in [3.63, 3.8) is 0 Å². The zero-order valence-corrected chi connectivity index (χ0v) is 8.43. The Bertz CT molecular complexity index is 148. The molecule has 0 rings (SSSR count). The van der Waals surface area contributed by atoms with Gasteiger partial charge in [-0.25, -0.2) is 0 Å². The number of allylic oxidation sites excluding steroid dienone is 1. The Hall–Kier alpha value is -0.790. The highest BCUT2D eigenvalue weighted by Crippen LogP contribution is 2.01. The van der Waals surface area contributed by atoms with Gasteiger partial charge in [-0.15, -0.1) is 0 Å². The third kappa shape index (κ3) is 9.21. The number of hydrogen-bond acceptors (Lipinski definition) is 2. The molecule has 1 N–H and O–H groups in total. The second kappa shape index (κ2) is 6.89. The van der Waals surface area contributed by atoms with Gasteiger partial charge in [0.1, 0.15) is 0 Å². The summed E-state index contributed by atoms with van der Waals surface area (Å²) in [4.78, 5) is 0. The molecule has 0 aliphatic heterocycles. The van der Waals surface area contributed by atoms with Crippen molar-refractivity contribution in [1.82, 2.24) is 5.43 Å². The summed E-state index contributed by atoms with van der Waals surface area (Å²) in [5, 5.41) is 3.99. The minimum absolute atomic E-state index is 0.789. The van der Waals surface area contributed by atoms with Crippen molar-refractivity contribution < 1.29 is 0 Å². The average molecular weight is 168 g/mol. The SMILES string of the molecule is C=C(C)C=NNCCCC(C)C. The van der Waals surface area contributed by atoms with Crippen LogP contribution in [0.5, 0.6) is 0 Å². The zero-order valence-electron chi connectivity index (χ0n) is 8.43. The van der Waals surface area contributed by atoms with Gasteiger partial charge in [0.25, 0.3) is 0 Å². The van der Waals surface area contributed by atoms with Crippen LogP contribution in [0.2, 0.25) is 0 Å². The van der Waals surface area contributed by atoms with Crippen LogP contribution in [0.25, 0.3) is 0 Å². The average Bonchev–Trinajstić information content (AvgIpc) is 1.95. The van der Waals surface area contributed by atoms with E-state index in [1.807, 2.05) is 6.92 Å². The predicted molar refractivity (Wildman–Crippen MR) is 55.4 cm³/mol. The number of rotatable bonds is 6. The predicted octanol–water partition coefficient (Wildman–Crippen LogP) is 2.57. The van der Waals surface area contributed by atoms with Gasteiger partial charge in [-0.05, 0) is 31.3 Å². The molecule has 0 atom stereocenters. The first-order chi connectivity index (χ1) is 5.63. The fourth-order valence-electron chi connectivity index (χ4n) is 0.810. The van der Waals surface area contributed by atoms with Crippen LogP contribution < -0.4 is 5.43 Å². The summed E-state index contributed by atoms with van der Waals surface area (Å²) >= 11 is 0. The van der Waals surface area contributed by atoms with Gasteiger partial charge >= 0.3 is 0 Å². The van der Waals surface area contributed by atoms with E-state index in [-0.39, 0.29) is 0 Å².